The Morgan fingerprint density at radius 1 is 1.15 bits per heavy atom. The first-order valence-corrected chi connectivity index (χ1v) is 10.3. The van der Waals surface area contributed by atoms with Crippen molar-refractivity contribution in [1.82, 2.24) is 4.67 Å². The molecule has 0 aromatic carbocycles. The summed E-state index contributed by atoms with van der Waals surface area (Å²) < 4.78 is 39.4. The zero-order valence-corrected chi connectivity index (χ0v) is 17.8. The van der Waals surface area contributed by atoms with Gasteiger partial charge in [0, 0.05) is 20.6 Å². The van der Waals surface area contributed by atoms with Gasteiger partial charge >= 0.3 is 0 Å². The van der Waals surface area contributed by atoms with E-state index in [1.165, 1.54) is 0 Å². The Morgan fingerprint density at radius 3 is 2.38 bits per heavy atom. The van der Waals surface area contributed by atoms with E-state index in [0.29, 0.717) is 26.4 Å². The van der Waals surface area contributed by atoms with Crippen molar-refractivity contribution in [3.63, 3.8) is 0 Å². The lowest BCUT2D eigenvalue weighted by molar-refractivity contribution is -0.0446. The number of ether oxygens (including phenoxy) is 3. The van der Waals surface area contributed by atoms with Gasteiger partial charge in [0.05, 0.1) is 25.4 Å². The largest absolute Gasteiger partial charge is 0.382 e. The first kappa shape index (κ1) is 22.0. The Kier molecular flexibility index (Phi) is 10.3. The number of methoxy groups -OCH3 is 1. The van der Waals surface area contributed by atoms with Crippen molar-refractivity contribution in [2.75, 3.05) is 33.5 Å². The highest BCUT2D eigenvalue weighted by molar-refractivity contribution is 7.44. The molecule has 1 saturated heterocycles. The summed E-state index contributed by atoms with van der Waals surface area (Å²) in [6.45, 7) is 18.9. The summed E-state index contributed by atoms with van der Waals surface area (Å²) >= 11 is 0. The highest BCUT2D eigenvalue weighted by atomic mass is 31.2. The Balaban J connectivity index is 2.96. The molecule has 0 aliphatic carbocycles. The van der Waals surface area contributed by atoms with Crippen LogP contribution in [-0.2, 0) is 23.3 Å². The molecule has 0 aromatic heterocycles. The minimum absolute atomic E-state index is 0.0910. The molecule has 0 saturated carbocycles. The van der Waals surface area contributed by atoms with Crippen LogP contribution in [0.2, 0.25) is 0 Å². The van der Waals surface area contributed by atoms with E-state index in [9.17, 15) is 0 Å². The number of hydrogen-bond acceptors (Lipinski definition) is 6. The molecule has 0 aromatic rings. The summed E-state index contributed by atoms with van der Waals surface area (Å²) in [5.74, 6) is 0. The predicted molar refractivity (Wildman–Crippen MR) is 103 cm³/mol. The molecular weight excluding hydrogens is 355 g/mol. The van der Waals surface area contributed by atoms with Gasteiger partial charge in [-0.15, -0.1) is 0 Å². The van der Waals surface area contributed by atoms with Crippen molar-refractivity contribution >= 4 is 8.53 Å². The monoisotopic (exact) mass is 391 g/mol. The second-order valence-corrected chi connectivity index (χ2v) is 8.20. The smallest absolute Gasteiger partial charge is 0.259 e. The Bertz CT molecular complexity index is 444. The molecule has 1 aliphatic heterocycles. The molecule has 152 valence electrons. The van der Waals surface area contributed by atoms with Crippen LogP contribution in [0.5, 0.6) is 0 Å². The van der Waals surface area contributed by atoms with E-state index >= 15 is 0 Å². The van der Waals surface area contributed by atoms with E-state index in [1.54, 1.807) is 7.11 Å². The van der Waals surface area contributed by atoms with Crippen LogP contribution in [0.15, 0.2) is 0 Å². The first-order valence-electron chi connectivity index (χ1n) is 9.84. The van der Waals surface area contributed by atoms with Gasteiger partial charge in [-0.2, -0.15) is 0 Å². The van der Waals surface area contributed by atoms with E-state index in [2.05, 4.69) is 37.2 Å². The summed E-state index contributed by atoms with van der Waals surface area (Å²) in [5, 5.41) is 0. The number of nitrogens with zero attached hydrogens (tertiary/aromatic N) is 2. The number of hydrogen-bond donors (Lipinski definition) is 0. The molecule has 1 aliphatic rings. The molecular formula is C18H35N2O5P. The zero-order valence-electron chi connectivity index (χ0n) is 17.9. The molecule has 26 heavy (non-hydrogen) atoms. The lowest BCUT2D eigenvalue weighted by Gasteiger charge is -2.37. The minimum Gasteiger partial charge on any atom is -0.382 e. The third kappa shape index (κ3) is 7.01. The summed E-state index contributed by atoms with van der Waals surface area (Å²) in [6.07, 6.45) is -1.23. The van der Waals surface area contributed by atoms with Gasteiger partial charge in [0.15, 0.2) is 0 Å². The maximum Gasteiger partial charge on any atom is 0.259 e. The Hall–Kier alpha value is -0.320. The average molecular weight is 391 g/mol. The van der Waals surface area contributed by atoms with Crippen molar-refractivity contribution in [1.29, 1.82) is 0 Å². The molecule has 0 N–H and O–H groups in total. The molecule has 8 heteroatoms. The summed E-state index contributed by atoms with van der Waals surface area (Å²) in [5.41, 5.74) is 0. The van der Waals surface area contributed by atoms with Crippen LogP contribution < -0.4 is 0 Å². The summed E-state index contributed by atoms with van der Waals surface area (Å²) in [6, 6.07) is 0.428. The van der Waals surface area contributed by atoms with Crippen LogP contribution in [-0.4, -0.2) is 74.6 Å². The fourth-order valence-corrected chi connectivity index (χ4v) is 4.69. The number of rotatable bonds is 12. The maximum absolute atomic E-state index is 7.84. The molecule has 5 atom stereocenters. The van der Waals surface area contributed by atoms with E-state index in [-0.39, 0.29) is 37.3 Å². The van der Waals surface area contributed by atoms with Crippen molar-refractivity contribution < 1.29 is 24.6 Å². The Morgan fingerprint density at radius 2 is 1.85 bits per heavy atom. The van der Waals surface area contributed by atoms with E-state index < -0.39 is 14.6 Å². The van der Waals surface area contributed by atoms with E-state index in [0.717, 1.165) is 0 Å². The van der Waals surface area contributed by atoms with Gasteiger partial charge in [0.25, 0.3) is 8.53 Å². The molecule has 1 rings (SSSR count). The zero-order chi connectivity index (χ0) is 20.4. The second-order valence-electron chi connectivity index (χ2n) is 6.80. The Labute approximate surface area is 161 Å². The average Bonchev–Trinajstić information content (AvgIpc) is 2.90. The topological polar surface area (TPSA) is 53.8 Å². The molecule has 0 bridgehead atoms. The SMILES string of the molecule is [2H]C[C@H]1O[C@@H](C)[C@H](OCCOC)[C@@H]1OP(OCC[N+]#[C-])N(C(C)C)C(C)C. The van der Waals surface area contributed by atoms with Crippen LogP contribution in [0.1, 0.15) is 42.9 Å². The molecule has 0 radical (unpaired) electrons. The lowest BCUT2D eigenvalue weighted by atomic mass is 10.1. The third-order valence-electron chi connectivity index (χ3n) is 4.00. The van der Waals surface area contributed by atoms with Crippen LogP contribution in [0, 0.1) is 6.57 Å². The van der Waals surface area contributed by atoms with Crippen LogP contribution in [0.4, 0.5) is 0 Å². The van der Waals surface area contributed by atoms with Crippen LogP contribution >= 0.6 is 8.53 Å². The van der Waals surface area contributed by atoms with Gasteiger partial charge < -0.3 is 28.1 Å². The maximum atomic E-state index is 7.84. The van der Waals surface area contributed by atoms with Gasteiger partial charge in [-0.1, -0.05) is 0 Å². The van der Waals surface area contributed by atoms with Gasteiger partial charge in [-0.3, -0.25) is 0 Å². The second kappa shape index (κ2) is 12.2. The first-order chi connectivity index (χ1) is 12.9. The van der Waals surface area contributed by atoms with Gasteiger partial charge in [0.2, 0.25) is 6.54 Å². The molecule has 1 fully saturated rings. The molecule has 0 amide bonds. The molecule has 1 heterocycles. The molecule has 0 spiro atoms. The normalized spacial score (nSPS) is 27.9. The predicted octanol–water partition coefficient (Wildman–Crippen LogP) is 3.49. The fraction of sp³-hybridized carbons (Fsp3) is 0.944. The quantitative estimate of drug-likeness (QED) is 0.288. The minimum atomic E-state index is -1.41. The lowest BCUT2D eigenvalue weighted by Crippen LogP contribution is -2.40. The van der Waals surface area contributed by atoms with Crippen LogP contribution in [0.3, 0.4) is 0 Å². The fourth-order valence-electron chi connectivity index (χ4n) is 2.93. The van der Waals surface area contributed by atoms with Gasteiger partial charge in [-0.25, -0.2) is 11.2 Å². The van der Waals surface area contributed by atoms with Gasteiger partial charge in [-0.05, 0) is 41.5 Å². The van der Waals surface area contributed by atoms with E-state index in [1.807, 2.05) is 6.92 Å². The third-order valence-corrected chi connectivity index (χ3v) is 6.13. The summed E-state index contributed by atoms with van der Waals surface area (Å²) in [7, 11) is 0.224. The van der Waals surface area contributed by atoms with E-state index in [4.69, 9.17) is 31.2 Å². The molecule has 7 nitrogen and oxygen atoms in total. The standard InChI is InChI=1S/C18H35N2O5P/c1-13(2)20(14(3)4)26(23-10-9-19-7)25-18-16(6)24-15(5)17(18)22-12-11-21-8/h13-18H,9-12H2,1-6,8H3/t15-,16+,17-,18+,26?/m0/s1/i6D. The van der Waals surface area contributed by atoms with Crippen molar-refractivity contribution in [3.8, 4) is 0 Å². The molecule has 1 unspecified atom stereocenters. The highest BCUT2D eigenvalue weighted by Gasteiger charge is 2.45. The van der Waals surface area contributed by atoms with Gasteiger partial charge in [0.1, 0.15) is 18.8 Å². The van der Waals surface area contributed by atoms with Crippen molar-refractivity contribution in [2.24, 2.45) is 0 Å². The highest BCUT2D eigenvalue weighted by Crippen LogP contribution is 2.49. The van der Waals surface area contributed by atoms with Crippen molar-refractivity contribution in [3.05, 3.63) is 11.4 Å². The van der Waals surface area contributed by atoms with Crippen LogP contribution in [0.25, 0.3) is 4.85 Å². The van der Waals surface area contributed by atoms with Crippen molar-refractivity contribution in [2.45, 2.75) is 78.0 Å². The summed E-state index contributed by atoms with van der Waals surface area (Å²) in [4.78, 5) is 3.36.